The van der Waals surface area contributed by atoms with Crippen LogP contribution in [0.2, 0.25) is 0 Å². The van der Waals surface area contributed by atoms with Crippen molar-refractivity contribution in [1.29, 1.82) is 0 Å². The Balaban J connectivity index is 0.000000616. The van der Waals surface area contributed by atoms with Crippen LogP contribution in [0.5, 0.6) is 0 Å². The number of aliphatic carboxylic acids is 1. The quantitative estimate of drug-likeness (QED) is 0.355. The summed E-state index contributed by atoms with van der Waals surface area (Å²) in [5.74, 6) is -3.17. The van der Waals surface area contributed by atoms with Gasteiger partial charge in [-0.25, -0.2) is 18.0 Å². The average molecular weight is 614 g/mol. The minimum absolute atomic E-state index is 0.0586. The normalized spacial score (nSPS) is 16.8. The van der Waals surface area contributed by atoms with Crippen molar-refractivity contribution in [2.45, 2.75) is 63.4 Å². The molecule has 2 saturated heterocycles. The number of alkyl halides is 3. The van der Waals surface area contributed by atoms with Crippen molar-refractivity contribution in [2.75, 3.05) is 42.3 Å². The average Bonchev–Trinajstić information content (AvgIpc) is 2.92. The molecule has 232 valence electrons. The molecular weight excluding hydrogens is 575 g/mol. The van der Waals surface area contributed by atoms with E-state index in [0.717, 1.165) is 42.7 Å². The van der Waals surface area contributed by atoms with Crippen LogP contribution in [0.1, 0.15) is 60.0 Å². The number of carboxylic acids is 2. The molecule has 0 unspecified atom stereocenters. The molecule has 2 heterocycles. The van der Waals surface area contributed by atoms with Crippen molar-refractivity contribution in [1.82, 2.24) is 4.90 Å². The second-order valence-corrected chi connectivity index (χ2v) is 12.6. The second-order valence-electron chi connectivity index (χ2n) is 10.9. The van der Waals surface area contributed by atoms with Gasteiger partial charge in [-0.15, -0.1) is 0 Å². The van der Waals surface area contributed by atoms with Crippen LogP contribution in [0.15, 0.2) is 41.3 Å². The fraction of sp³-hybridized carbons (Fsp3) is 0.517. The standard InChI is InChI=1S/C27H37N3O4S.C2HF3O2/c1-20-16-21(2)18-24(17-20)35(33,34)28-25-19-23(27(31)32)6-7-26(25)30-14-9-22(10-15-30)8-13-29-11-4-3-5-12-29;3-2(4,5)1(6)7/h6-7,16-19,22,28H,3-5,8-15H2,1-2H3,(H,31,32);(H,6,7). The van der Waals surface area contributed by atoms with Crippen molar-refractivity contribution in [3.8, 4) is 0 Å². The number of benzene rings is 2. The van der Waals surface area contributed by atoms with Gasteiger partial charge in [0.15, 0.2) is 0 Å². The smallest absolute Gasteiger partial charge is 0.478 e. The van der Waals surface area contributed by atoms with E-state index in [9.17, 15) is 31.5 Å². The number of halogens is 3. The molecule has 0 aromatic heterocycles. The minimum Gasteiger partial charge on any atom is -0.478 e. The SMILES string of the molecule is Cc1cc(C)cc(S(=O)(=O)Nc2cc(C(=O)O)ccc2N2CCC(CCN3CCCCC3)CC2)c1.O=C(O)C(F)(F)F. The van der Waals surface area contributed by atoms with Gasteiger partial charge in [-0.3, -0.25) is 4.72 Å². The number of aryl methyl sites for hydroxylation is 2. The van der Waals surface area contributed by atoms with E-state index >= 15 is 0 Å². The zero-order valence-corrected chi connectivity index (χ0v) is 24.6. The molecule has 9 nitrogen and oxygen atoms in total. The maximum absolute atomic E-state index is 13.2. The van der Waals surface area contributed by atoms with Crippen LogP contribution in [0.25, 0.3) is 0 Å². The van der Waals surface area contributed by atoms with Gasteiger partial charge in [0.1, 0.15) is 0 Å². The largest absolute Gasteiger partial charge is 0.490 e. The molecule has 0 amide bonds. The highest BCUT2D eigenvalue weighted by Gasteiger charge is 2.38. The Morgan fingerprint density at radius 1 is 0.929 bits per heavy atom. The van der Waals surface area contributed by atoms with Crippen molar-refractivity contribution in [3.05, 3.63) is 53.1 Å². The highest BCUT2D eigenvalue weighted by Crippen LogP contribution is 2.33. The van der Waals surface area contributed by atoms with Crippen LogP contribution in [-0.4, -0.2) is 74.4 Å². The number of piperidine rings is 2. The summed E-state index contributed by atoms with van der Waals surface area (Å²) in [4.78, 5) is 25.5. The molecule has 0 atom stereocenters. The Bertz CT molecular complexity index is 1330. The van der Waals surface area contributed by atoms with E-state index in [1.54, 1.807) is 24.3 Å². The first-order chi connectivity index (χ1) is 19.7. The lowest BCUT2D eigenvalue weighted by molar-refractivity contribution is -0.192. The van der Waals surface area contributed by atoms with Gasteiger partial charge >= 0.3 is 18.1 Å². The lowest BCUT2D eigenvalue weighted by atomic mass is 9.92. The molecule has 2 aliphatic rings. The number of aromatic carboxylic acids is 1. The first-order valence-corrected chi connectivity index (χ1v) is 15.4. The van der Waals surface area contributed by atoms with Crippen molar-refractivity contribution < 1.29 is 41.4 Å². The lowest BCUT2D eigenvalue weighted by Gasteiger charge is -2.36. The van der Waals surface area contributed by atoms with Gasteiger partial charge in [0.05, 0.1) is 21.8 Å². The first-order valence-electron chi connectivity index (χ1n) is 13.9. The summed E-state index contributed by atoms with van der Waals surface area (Å²) in [6.45, 7) is 8.98. The summed E-state index contributed by atoms with van der Waals surface area (Å²) in [5, 5.41) is 16.6. The highest BCUT2D eigenvalue weighted by atomic mass is 32.2. The van der Waals surface area contributed by atoms with Crippen molar-refractivity contribution in [3.63, 3.8) is 0 Å². The Labute approximate surface area is 244 Å². The third-order valence-corrected chi connectivity index (χ3v) is 8.84. The van der Waals surface area contributed by atoms with Crippen LogP contribution in [0.3, 0.4) is 0 Å². The number of nitrogens with one attached hydrogen (secondary N) is 1. The maximum Gasteiger partial charge on any atom is 0.490 e. The van der Waals surface area contributed by atoms with Crippen LogP contribution < -0.4 is 9.62 Å². The predicted molar refractivity (Wildman–Crippen MR) is 154 cm³/mol. The zero-order valence-electron chi connectivity index (χ0n) is 23.8. The van der Waals surface area contributed by atoms with Gasteiger partial charge in [0.2, 0.25) is 0 Å². The van der Waals surface area contributed by atoms with Crippen LogP contribution in [-0.2, 0) is 14.8 Å². The van der Waals surface area contributed by atoms with Crippen LogP contribution >= 0.6 is 0 Å². The van der Waals surface area contributed by atoms with Crippen molar-refractivity contribution in [2.24, 2.45) is 5.92 Å². The third kappa shape index (κ3) is 9.62. The number of carboxylic acid groups (broad SMARTS) is 2. The fourth-order valence-electron chi connectivity index (χ4n) is 5.33. The summed E-state index contributed by atoms with van der Waals surface area (Å²) in [7, 11) is -3.87. The van der Waals surface area contributed by atoms with Crippen molar-refractivity contribution >= 4 is 33.3 Å². The Kier molecular flexibility index (Phi) is 11.2. The van der Waals surface area contributed by atoms with E-state index in [2.05, 4.69) is 14.5 Å². The van der Waals surface area contributed by atoms with Gasteiger partial charge in [-0.2, -0.15) is 13.2 Å². The summed E-state index contributed by atoms with van der Waals surface area (Å²) in [6.07, 6.45) is 2.20. The van der Waals surface area contributed by atoms with E-state index in [1.165, 1.54) is 51.4 Å². The Morgan fingerprint density at radius 3 is 2.02 bits per heavy atom. The Morgan fingerprint density at radius 2 is 1.50 bits per heavy atom. The number of anilines is 2. The molecule has 2 aromatic rings. The molecule has 0 spiro atoms. The third-order valence-electron chi connectivity index (χ3n) is 7.49. The molecule has 2 aromatic carbocycles. The second kappa shape index (κ2) is 14.2. The molecule has 0 aliphatic carbocycles. The topological polar surface area (TPSA) is 127 Å². The lowest BCUT2D eigenvalue weighted by Crippen LogP contribution is -2.36. The van der Waals surface area contributed by atoms with E-state index in [-0.39, 0.29) is 10.5 Å². The van der Waals surface area contributed by atoms with E-state index < -0.39 is 28.1 Å². The fourth-order valence-corrected chi connectivity index (χ4v) is 6.58. The number of carbonyl (C=O) groups is 2. The molecule has 2 aliphatic heterocycles. The number of hydrogen-bond acceptors (Lipinski definition) is 6. The van der Waals surface area contributed by atoms with Gasteiger partial charge in [-0.1, -0.05) is 12.5 Å². The molecule has 2 fully saturated rings. The number of likely N-dealkylation sites (tertiary alicyclic amines) is 1. The maximum atomic E-state index is 13.2. The Hall–Kier alpha value is -3.32. The molecule has 0 bridgehead atoms. The van der Waals surface area contributed by atoms with E-state index in [0.29, 0.717) is 11.6 Å². The van der Waals surface area contributed by atoms with Gasteiger partial charge in [0.25, 0.3) is 10.0 Å². The summed E-state index contributed by atoms with van der Waals surface area (Å²) in [5.41, 5.74) is 2.82. The number of rotatable bonds is 8. The van der Waals surface area contributed by atoms with E-state index in [4.69, 9.17) is 9.90 Å². The summed E-state index contributed by atoms with van der Waals surface area (Å²) >= 11 is 0. The van der Waals surface area contributed by atoms with Gasteiger partial charge in [0, 0.05) is 13.1 Å². The van der Waals surface area contributed by atoms with Gasteiger partial charge < -0.3 is 20.0 Å². The molecule has 42 heavy (non-hydrogen) atoms. The molecule has 3 N–H and O–H groups in total. The first kappa shape index (κ1) is 33.2. The molecule has 0 saturated carbocycles. The molecule has 0 radical (unpaired) electrons. The highest BCUT2D eigenvalue weighted by molar-refractivity contribution is 7.92. The number of sulfonamides is 1. The van der Waals surface area contributed by atoms with Gasteiger partial charge in [-0.05, 0) is 113 Å². The molecule has 4 rings (SSSR count). The summed E-state index contributed by atoms with van der Waals surface area (Å²) < 4.78 is 60.9. The van der Waals surface area contributed by atoms with Crippen LogP contribution in [0.4, 0.5) is 24.5 Å². The number of nitrogens with zero attached hydrogens (tertiary/aromatic N) is 2. The minimum atomic E-state index is -5.08. The number of hydrogen-bond donors (Lipinski definition) is 3. The molecular formula is C29H38F3N3O6S. The summed E-state index contributed by atoms with van der Waals surface area (Å²) in [6, 6.07) is 9.89. The molecule has 13 heteroatoms. The predicted octanol–water partition coefficient (Wildman–Crippen LogP) is 5.53. The zero-order chi connectivity index (χ0) is 31.1. The van der Waals surface area contributed by atoms with E-state index in [1.807, 2.05) is 19.9 Å². The van der Waals surface area contributed by atoms with Crippen LogP contribution in [0, 0.1) is 19.8 Å². The monoisotopic (exact) mass is 613 g/mol.